The minimum Gasteiger partial charge on any atom is -0.397 e. The molecule has 0 amide bonds. The average molecular weight is 151 g/mol. The second-order valence-electron chi connectivity index (χ2n) is 2.62. The first-order valence-corrected chi connectivity index (χ1v) is 3.46. The van der Waals surface area contributed by atoms with Crippen LogP contribution in [-0.4, -0.2) is 7.05 Å². The summed E-state index contributed by atoms with van der Waals surface area (Å²) in [6.45, 7) is 1.98. The molecule has 0 saturated heterocycles. The number of nitrogen functional groups attached to an aromatic ring is 1. The van der Waals surface area contributed by atoms with Gasteiger partial charge in [0.1, 0.15) is 0 Å². The van der Waals surface area contributed by atoms with E-state index in [1.807, 2.05) is 25.1 Å². The molecule has 3 nitrogen and oxygen atoms in total. The topological polar surface area (TPSA) is 55.3 Å². The first-order chi connectivity index (χ1) is 5.13. The van der Waals surface area contributed by atoms with Gasteiger partial charge in [-0.1, -0.05) is 12.1 Å². The van der Waals surface area contributed by atoms with Gasteiger partial charge in [-0.15, -0.1) is 0 Å². The number of nitrogens with two attached hydrogens (primary N) is 2. The molecule has 0 aliphatic rings. The van der Waals surface area contributed by atoms with Crippen LogP contribution in [-0.2, 0) is 0 Å². The summed E-state index contributed by atoms with van der Waals surface area (Å²) in [5, 5.41) is 1.53. The standard InChI is InChI=1S/C8H13N3/c1-6-4-3-5-7(9)8(6)11(2)10/h3-5H,9-10H2,1-2H3. The normalized spacial score (nSPS) is 9.73. The van der Waals surface area contributed by atoms with Crippen LogP contribution in [0.1, 0.15) is 5.56 Å². The predicted molar refractivity (Wildman–Crippen MR) is 48.2 cm³/mol. The molecule has 4 N–H and O–H groups in total. The molecule has 1 aromatic rings. The maximum Gasteiger partial charge on any atom is 0.0772 e. The van der Waals surface area contributed by atoms with Crippen LogP contribution in [0.15, 0.2) is 18.2 Å². The van der Waals surface area contributed by atoms with Crippen LogP contribution in [0.4, 0.5) is 11.4 Å². The zero-order valence-electron chi connectivity index (χ0n) is 6.83. The number of nitrogens with zero attached hydrogens (tertiary/aromatic N) is 1. The second-order valence-corrected chi connectivity index (χ2v) is 2.62. The van der Waals surface area contributed by atoms with Gasteiger partial charge in [-0.05, 0) is 18.6 Å². The summed E-state index contributed by atoms with van der Waals surface area (Å²) in [5.74, 6) is 5.57. The Labute approximate surface area is 66.6 Å². The fraction of sp³-hybridized carbons (Fsp3) is 0.250. The van der Waals surface area contributed by atoms with Gasteiger partial charge in [0.15, 0.2) is 0 Å². The molecule has 0 atom stereocenters. The highest BCUT2D eigenvalue weighted by atomic mass is 15.4. The van der Waals surface area contributed by atoms with Crippen molar-refractivity contribution < 1.29 is 0 Å². The van der Waals surface area contributed by atoms with Crippen LogP contribution in [0.2, 0.25) is 0 Å². The van der Waals surface area contributed by atoms with Gasteiger partial charge in [0.25, 0.3) is 0 Å². The molecule has 1 aromatic carbocycles. The Balaban J connectivity index is 3.21. The molecule has 0 aromatic heterocycles. The van der Waals surface area contributed by atoms with Crippen molar-refractivity contribution in [3.8, 4) is 0 Å². The van der Waals surface area contributed by atoms with E-state index in [1.165, 1.54) is 5.01 Å². The third-order valence-electron chi connectivity index (χ3n) is 1.62. The number of para-hydroxylation sites is 1. The zero-order valence-corrected chi connectivity index (χ0v) is 6.83. The van der Waals surface area contributed by atoms with E-state index in [4.69, 9.17) is 11.6 Å². The number of hydrazine groups is 1. The Morgan fingerprint density at radius 2 is 2.00 bits per heavy atom. The summed E-state index contributed by atoms with van der Waals surface area (Å²) >= 11 is 0. The molecular weight excluding hydrogens is 138 g/mol. The van der Waals surface area contributed by atoms with Gasteiger partial charge in [-0.2, -0.15) is 0 Å². The van der Waals surface area contributed by atoms with Crippen molar-refractivity contribution in [3.63, 3.8) is 0 Å². The quantitative estimate of drug-likeness (QED) is 0.356. The molecule has 0 aliphatic heterocycles. The maximum absolute atomic E-state index is 5.70. The first kappa shape index (κ1) is 7.88. The van der Waals surface area contributed by atoms with E-state index < -0.39 is 0 Å². The number of anilines is 2. The monoisotopic (exact) mass is 151 g/mol. The van der Waals surface area contributed by atoms with Crippen LogP contribution in [0.5, 0.6) is 0 Å². The lowest BCUT2D eigenvalue weighted by atomic mass is 10.1. The largest absolute Gasteiger partial charge is 0.397 e. The highest BCUT2D eigenvalue weighted by molar-refractivity contribution is 5.70. The molecule has 11 heavy (non-hydrogen) atoms. The van der Waals surface area contributed by atoms with Crippen molar-refractivity contribution in [3.05, 3.63) is 23.8 Å². The Kier molecular flexibility index (Phi) is 2.01. The third-order valence-corrected chi connectivity index (χ3v) is 1.62. The predicted octanol–water partition coefficient (Wildman–Crippen LogP) is 0.887. The molecule has 0 unspecified atom stereocenters. The summed E-state index contributed by atoms with van der Waals surface area (Å²) in [5.41, 5.74) is 8.41. The maximum atomic E-state index is 5.70. The van der Waals surface area contributed by atoms with Gasteiger partial charge in [0, 0.05) is 7.05 Å². The van der Waals surface area contributed by atoms with Crippen LogP contribution >= 0.6 is 0 Å². The van der Waals surface area contributed by atoms with Crippen LogP contribution in [0.3, 0.4) is 0 Å². The third kappa shape index (κ3) is 1.43. The van der Waals surface area contributed by atoms with E-state index in [9.17, 15) is 0 Å². The number of hydrogen-bond acceptors (Lipinski definition) is 3. The van der Waals surface area contributed by atoms with Crippen LogP contribution < -0.4 is 16.6 Å². The molecule has 0 fully saturated rings. The lowest BCUT2D eigenvalue weighted by Crippen LogP contribution is -2.26. The average Bonchev–Trinajstić information content (AvgIpc) is 1.85. The van der Waals surface area contributed by atoms with E-state index in [2.05, 4.69) is 0 Å². The summed E-state index contributed by atoms with van der Waals surface area (Å²) in [6, 6.07) is 5.73. The van der Waals surface area contributed by atoms with E-state index in [0.29, 0.717) is 0 Å². The van der Waals surface area contributed by atoms with Crippen molar-refractivity contribution in [1.29, 1.82) is 0 Å². The summed E-state index contributed by atoms with van der Waals surface area (Å²) < 4.78 is 0. The van der Waals surface area contributed by atoms with Crippen molar-refractivity contribution >= 4 is 11.4 Å². The van der Waals surface area contributed by atoms with Gasteiger partial charge in [-0.25, -0.2) is 5.84 Å². The fourth-order valence-electron chi connectivity index (χ4n) is 1.16. The minimum atomic E-state index is 0.718. The fourth-order valence-corrected chi connectivity index (χ4v) is 1.16. The van der Waals surface area contributed by atoms with Crippen molar-refractivity contribution in [2.75, 3.05) is 17.8 Å². The highest BCUT2D eigenvalue weighted by Gasteiger charge is 2.03. The Morgan fingerprint density at radius 3 is 2.36 bits per heavy atom. The molecule has 0 spiro atoms. The Morgan fingerprint density at radius 1 is 1.36 bits per heavy atom. The Bertz CT molecular complexity index is 235. The van der Waals surface area contributed by atoms with E-state index >= 15 is 0 Å². The number of hydrogen-bond donors (Lipinski definition) is 2. The number of benzene rings is 1. The van der Waals surface area contributed by atoms with Gasteiger partial charge >= 0.3 is 0 Å². The second kappa shape index (κ2) is 2.80. The van der Waals surface area contributed by atoms with Gasteiger partial charge < -0.3 is 10.7 Å². The molecule has 0 heterocycles. The number of aryl methyl sites for hydroxylation is 1. The van der Waals surface area contributed by atoms with E-state index in [-0.39, 0.29) is 0 Å². The van der Waals surface area contributed by atoms with Crippen molar-refractivity contribution in [2.45, 2.75) is 6.92 Å². The van der Waals surface area contributed by atoms with Crippen LogP contribution in [0, 0.1) is 6.92 Å². The molecule has 0 saturated carbocycles. The lowest BCUT2D eigenvalue weighted by Gasteiger charge is -2.16. The lowest BCUT2D eigenvalue weighted by molar-refractivity contribution is 1.01. The molecule has 3 heteroatoms. The van der Waals surface area contributed by atoms with Crippen molar-refractivity contribution in [1.82, 2.24) is 0 Å². The minimum absolute atomic E-state index is 0.718. The summed E-state index contributed by atoms with van der Waals surface area (Å²) in [7, 11) is 1.78. The first-order valence-electron chi connectivity index (χ1n) is 3.46. The van der Waals surface area contributed by atoms with Gasteiger partial charge in [-0.3, -0.25) is 0 Å². The molecular formula is C8H13N3. The van der Waals surface area contributed by atoms with Crippen molar-refractivity contribution in [2.24, 2.45) is 5.84 Å². The molecule has 60 valence electrons. The summed E-state index contributed by atoms with van der Waals surface area (Å²) in [6.07, 6.45) is 0. The van der Waals surface area contributed by atoms with E-state index in [1.54, 1.807) is 7.05 Å². The molecule has 1 rings (SSSR count). The molecule has 0 bridgehead atoms. The van der Waals surface area contributed by atoms with Gasteiger partial charge in [0.2, 0.25) is 0 Å². The molecule has 0 aliphatic carbocycles. The zero-order chi connectivity index (χ0) is 8.43. The van der Waals surface area contributed by atoms with Crippen LogP contribution in [0.25, 0.3) is 0 Å². The van der Waals surface area contributed by atoms with Gasteiger partial charge in [0.05, 0.1) is 11.4 Å². The van der Waals surface area contributed by atoms with E-state index in [0.717, 1.165) is 16.9 Å². The number of rotatable bonds is 1. The molecule has 0 radical (unpaired) electrons. The Hall–Kier alpha value is -1.22. The smallest absolute Gasteiger partial charge is 0.0772 e. The SMILES string of the molecule is Cc1cccc(N)c1N(C)N. The summed E-state index contributed by atoms with van der Waals surface area (Å²) in [4.78, 5) is 0. The highest BCUT2D eigenvalue weighted by Crippen LogP contribution is 2.23.